The third kappa shape index (κ3) is 5.17. The molecule has 1 aliphatic carbocycles. The monoisotopic (exact) mass is 415 g/mol. The minimum Gasteiger partial charge on any atom is -0.467 e. The van der Waals surface area contributed by atoms with Crippen molar-refractivity contribution in [3.63, 3.8) is 0 Å². The van der Waals surface area contributed by atoms with E-state index in [1.54, 1.807) is 0 Å². The van der Waals surface area contributed by atoms with Crippen LogP contribution in [0.25, 0.3) is 0 Å². The lowest BCUT2D eigenvalue weighted by atomic mass is 9.72. The van der Waals surface area contributed by atoms with Crippen molar-refractivity contribution < 1.29 is 19.1 Å². The summed E-state index contributed by atoms with van der Waals surface area (Å²) in [4.78, 5) is 37.2. The maximum Gasteiger partial charge on any atom is 0.328 e. The number of amides is 2. The average Bonchev–Trinajstić information content (AvgIpc) is 3.14. The van der Waals surface area contributed by atoms with Crippen LogP contribution >= 0.6 is 12.4 Å². The number of hydrogen-bond acceptors (Lipinski definition) is 5. The van der Waals surface area contributed by atoms with Crippen LogP contribution in [0.4, 0.5) is 0 Å². The van der Waals surface area contributed by atoms with Crippen LogP contribution in [0.15, 0.2) is 0 Å². The van der Waals surface area contributed by atoms with Gasteiger partial charge in [0.25, 0.3) is 0 Å². The Labute approximate surface area is 173 Å². The van der Waals surface area contributed by atoms with Crippen molar-refractivity contribution in [2.45, 2.75) is 82.8 Å². The van der Waals surface area contributed by atoms with Gasteiger partial charge in [-0.2, -0.15) is 0 Å². The topological polar surface area (TPSA) is 96.5 Å². The van der Waals surface area contributed by atoms with Gasteiger partial charge in [-0.15, -0.1) is 12.4 Å². The minimum absolute atomic E-state index is 0. The van der Waals surface area contributed by atoms with Crippen LogP contribution in [0.2, 0.25) is 0 Å². The lowest BCUT2D eigenvalue weighted by Crippen LogP contribution is -2.49. The summed E-state index contributed by atoms with van der Waals surface area (Å²) in [6, 6.07) is -1.07. The summed E-state index contributed by atoms with van der Waals surface area (Å²) in [5, 5.41) is 9.14. The van der Waals surface area contributed by atoms with Crippen LogP contribution in [0.3, 0.4) is 0 Å². The van der Waals surface area contributed by atoms with E-state index in [-0.39, 0.29) is 53.6 Å². The first-order chi connectivity index (χ1) is 12.7. The maximum atomic E-state index is 12.8. The van der Waals surface area contributed by atoms with E-state index in [1.807, 2.05) is 13.8 Å². The SMILES string of the molecule is COC(=O)[C@H](C[C@@H]1CC(C)(C)NC1=O)NC(=O)[C@@H]1CC2(CCCCC2)CN1.Cl. The highest BCUT2D eigenvalue weighted by Gasteiger charge is 2.44. The Kier molecular flexibility index (Phi) is 7.37. The number of methoxy groups -OCH3 is 1. The number of ether oxygens (including phenoxy) is 1. The number of rotatable bonds is 5. The van der Waals surface area contributed by atoms with Crippen molar-refractivity contribution in [2.75, 3.05) is 13.7 Å². The van der Waals surface area contributed by atoms with Crippen LogP contribution in [0.5, 0.6) is 0 Å². The Hall–Kier alpha value is -1.34. The molecular weight excluding hydrogens is 382 g/mol. The number of halogens is 1. The molecule has 1 saturated carbocycles. The fourth-order valence-electron chi connectivity index (χ4n) is 5.08. The normalized spacial score (nSPS) is 28.9. The molecule has 3 N–H and O–H groups in total. The summed E-state index contributed by atoms with van der Waals surface area (Å²) < 4.78 is 4.88. The van der Waals surface area contributed by atoms with E-state index < -0.39 is 12.0 Å². The van der Waals surface area contributed by atoms with E-state index in [2.05, 4.69) is 16.0 Å². The second-order valence-electron chi connectivity index (χ2n) is 9.29. The average molecular weight is 416 g/mol. The van der Waals surface area contributed by atoms with Crippen molar-refractivity contribution in [3.8, 4) is 0 Å². The largest absolute Gasteiger partial charge is 0.467 e. The molecule has 0 aromatic rings. The number of carbonyl (C=O) groups is 3. The number of carbonyl (C=O) groups excluding carboxylic acids is 3. The van der Waals surface area contributed by atoms with Gasteiger partial charge in [-0.25, -0.2) is 4.79 Å². The van der Waals surface area contributed by atoms with Crippen LogP contribution in [-0.4, -0.2) is 49.1 Å². The summed E-state index contributed by atoms with van der Waals surface area (Å²) in [5.74, 6) is -1.02. The third-order valence-corrected chi connectivity index (χ3v) is 6.50. The van der Waals surface area contributed by atoms with Gasteiger partial charge in [0.1, 0.15) is 6.04 Å². The Morgan fingerprint density at radius 1 is 1.21 bits per heavy atom. The highest BCUT2D eigenvalue weighted by Crippen LogP contribution is 2.42. The molecule has 3 atom stereocenters. The second kappa shape index (κ2) is 8.99. The Balaban J connectivity index is 0.00000280. The zero-order valence-electron chi connectivity index (χ0n) is 17.1. The molecule has 160 valence electrons. The Bertz CT molecular complexity index is 604. The molecule has 2 aliphatic heterocycles. The predicted molar refractivity (Wildman–Crippen MR) is 108 cm³/mol. The molecule has 7 nitrogen and oxygen atoms in total. The molecule has 1 spiro atoms. The quantitative estimate of drug-likeness (QED) is 0.593. The van der Waals surface area contributed by atoms with Gasteiger partial charge in [0, 0.05) is 18.0 Å². The van der Waals surface area contributed by atoms with Crippen LogP contribution in [0.1, 0.15) is 65.2 Å². The van der Waals surface area contributed by atoms with E-state index in [9.17, 15) is 14.4 Å². The van der Waals surface area contributed by atoms with Crippen molar-refractivity contribution >= 4 is 30.2 Å². The zero-order valence-corrected chi connectivity index (χ0v) is 18.0. The summed E-state index contributed by atoms with van der Waals surface area (Å²) in [6.07, 6.45) is 7.81. The molecule has 0 bridgehead atoms. The molecule has 2 amide bonds. The first-order valence-corrected chi connectivity index (χ1v) is 10.2. The Morgan fingerprint density at radius 2 is 1.89 bits per heavy atom. The summed E-state index contributed by atoms with van der Waals surface area (Å²) in [5.41, 5.74) is -0.0524. The highest BCUT2D eigenvalue weighted by atomic mass is 35.5. The standard InChI is InChI=1S/C20H33N3O4.ClH/c1-19(2)10-13(16(24)23-19)9-14(18(26)27-3)22-17(25)15-11-20(12-21-15)7-5-4-6-8-20;/h13-15,21H,4-12H2,1-3H3,(H,22,25)(H,23,24);1H/t13-,14+,15+;/m1./s1. The van der Waals surface area contributed by atoms with E-state index in [0.29, 0.717) is 6.42 Å². The molecule has 3 rings (SSSR count). The smallest absolute Gasteiger partial charge is 0.328 e. The van der Waals surface area contributed by atoms with E-state index >= 15 is 0 Å². The fraction of sp³-hybridized carbons (Fsp3) is 0.850. The van der Waals surface area contributed by atoms with Crippen LogP contribution in [0, 0.1) is 11.3 Å². The second-order valence-corrected chi connectivity index (χ2v) is 9.29. The van der Waals surface area contributed by atoms with Gasteiger partial charge in [-0.3, -0.25) is 9.59 Å². The number of esters is 1. The van der Waals surface area contributed by atoms with Crippen molar-refractivity contribution in [2.24, 2.45) is 11.3 Å². The van der Waals surface area contributed by atoms with E-state index in [0.717, 1.165) is 13.0 Å². The van der Waals surface area contributed by atoms with Gasteiger partial charge in [-0.1, -0.05) is 19.3 Å². The van der Waals surface area contributed by atoms with Crippen LogP contribution in [-0.2, 0) is 19.1 Å². The molecule has 3 aliphatic rings. The van der Waals surface area contributed by atoms with E-state index in [4.69, 9.17) is 4.74 Å². The third-order valence-electron chi connectivity index (χ3n) is 6.50. The minimum atomic E-state index is -0.795. The highest BCUT2D eigenvalue weighted by molar-refractivity contribution is 5.89. The van der Waals surface area contributed by atoms with Crippen molar-refractivity contribution in [1.29, 1.82) is 0 Å². The molecule has 8 heteroatoms. The van der Waals surface area contributed by atoms with Gasteiger partial charge in [-0.05, 0) is 51.4 Å². The summed E-state index contributed by atoms with van der Waals surface area (Å²) in [7, 11) is 1.31. The molecule has 0 radical (unpaired) electrons. The maximum absolute atomic E-state index is 12.8. The molecule has 0 unspecified atom stereocenters. The molecule has 3 fully saturated rings. The van der Waals surface area contributed by atoms with Gasteiger partial charge in [0.05, 0.1) is 13.2 Å². The fourth-order valence-corrected chi connectivity index (χ4v) is 5.08. The lowest BCUT2D eigenvalue weighted by molar-refractivity contribution is -0.146. The van der Waals surface area contributed by atoms with Crippen molar-refractivity contribution in [1.82, 2.24) is 16.0 Å². The molecule has 2 heterocycles. The predicted octanol–water partition coefficient (Wildman–Crippen LogP) is 1.68. The lowest BCUT2D eigenvalue weighted by Gasteiger charge is -2.32. The number of nitrogens with one attached hydrogen (secondary N) is 3. The summed E-state index contributed by atoms with van der Waals surface area (Å²) >= 11 is 0. The van der Waals surface area contributed by atoms with Gasteiger partial charge < -0.3 is 20.7 Å². The van der Waals surface area contributed by atoms with Crippen LogP contribution < -0.4 is 16.0 Å². The van der Waals surface area contributed by atoms with Gasteiger partial charge in [0.2, 0.25) is 11.8 Å². The van der Waals surface area contributed by atoms with Gasteiger partial charge in [0.15, 0.2) is 0 Å². The summed E-state index contributed by atoms with van der Waals surface area (Å²) in [6.45, 7) is 4.79. The van der Waals surface area contributed by atoms with Gasteiger partial charge >= 0.3 is 5.97 Å². The molecule has 0 aromatic carbocycles. The molecular formula is C20H34ClN3O4. The zero-order chi connectivity index (χ0) is 19.7. The van der Waals surface area contributed by atoms with Crippen molar-refractivity contribution in [3.05, 3.63) is 0 Å². The molecule has 0 aromatic heterocycles. The molecule has 28 heavy (non-hydrogen) atoms. The first-order valence-electron chi connectivity index (χ1n) is 10.2. The molecule has 2 saturated heterocycles. The number of hydrogen-bond donors (Lipinski definition) is 3. The first kappa shape index (κ1) is 22.9. The van der Waals surface area contributed by atoms with E-state index in [1.165, 1.54) is 39.2 Å². The Morgan fingerprint density at radius 3 is 2.46 bits per heavy atom.